The van der Waals surface area contributed by atoms with Gasteiger partial charge in [0.15, 0.2) is 5.01 Å². The number of aromatic nitrogens is 3. The molecule has 0 aliphatic heterocycles. The fraction of sp³-hybridized carbons (Fsp3) is 0.280. The Labute approximate surface area is 189 Å². The number of hydrogen-bond acceptors (Lipinski definition) is 6. The van der Waals surface area contributed by atoms with Gasteiger partial charge in [0.2, 0.25) is 11.7 Å². The van der Waals surface area contributed by atoms with Gasteiger partial charge in [0, 0.05) is 17.3 Å². The van der Waals surface area contributed by atoms with Crippen molar-refractivity contribution in [3.63, 3.8) is 0 Å². The van der Waals surface area contributed by atoms with Crippen LogP contribution in [0.15, 0.2) is 61.1 Å². The molecule has 0 aliphatic rings. The summed E-state index contributed by atoms with van der Waals surface area (Å²) < 4.78 is 6.73. The molecular weight excluding hydrogens is 406 g/mol. The standard InChI is InChI=1S/C19H13N3O2S.3C2H6/c1-12-10-20-11-21-18(12)24-14-8-6-13(7-9-14)17(23)19-22-15-4-2-3-5-16(15)25-19;3*1-2/h2-11H,1H3;3*1-2H3. The number of nitrogens with zero attached hydrogens (tertiary/aromatic N) is 3. The van der Waals surface area contributed by atoms with Crippen molar-refractivity contribution < 1.29 is 9.53 Å². The lowest BCUT2D eigenvalue weighted by atomic mass is 10.1. The van der Waals surface area contributed by atoms with Crippen molar-refractivity contribution in [2.75, 3.05) is 0 Å². The molecule has 2 heterocycles. The Hall–Kier alpha value is -3.12. The smallest absolute Gasteiger partial charge is 0.225 e. The van der Waals surface area contributed by atoms with Crippen LogP contribution in [0.5, 0.6) is 11.6 Å². The number of hydrogen-bond donors (Lipinski definition) is 0. The first-order chi connectivity index (χ1) is 15.2. The predicted octanol–water partition coefficient (Wildman–Crippen LogP) is 7.50. The summed E-state index contributed by atoms with van der Waals surface area (Å²) in [5.74, 6) is 1.02. The van der Waals surface area contributed by atoms with Crippen LogP contribution in [0, 0.1) is 6.92 Å². The molecule has 0 saturated heterocycles. The van der Waals surface area contributed by atoms with E-state index in [-0.39, 0.29) is 5.78 Å². The van der Waals surface area contributed by atoms with E-state index in [0.717, 1.165) is 15.8 Å². The zero-order chi connectivity index (χ0) is 23.2. The highest BCUT2D eigenvalue weighted by Gasteiger charge is 2.14. The van der Waals surface area contributed by atoms with Crippen molar-refractivity contribution in [3.05, 3.63) is 77.2 Å². The maximum absolute atomic E-state index is 12.6. The van der Waals surface area contributed by atoms with Gasteiger partial charge in [-0.25, -0.2) is 15.0 Å². The summed E-state index contributed by atoms with van der Waals surface area (Å²) >= 11 is 1.40. The molecule has 0 bridgehead atoms. The van der Waals surface area contributed by atoms with Crippen molar-refractivity contribution in [3.8, 4) is 11.6 Å². The van der Waals surface area contributed by atoms with E-state index < -0.39 is 0 Å². The van der Waals surface area contributed by atoms with Gasteiger partial charge in [0.25, 0.3) is 0 Å². The predicted molar refractivity (Wildman–Crippen MR) is 130 cm³/mol. The van der Waals surface area contributed by atoms with Crippen molar-refractivity contribution in [1.82, 2.24) is 15.0 Å². The molecule has 4 rings (SSSR count). The highest BCUT2D eigenvalue weighted by Crippen LogP contribution is 2.26. The highest BCUT2D eigenvalue weighted by molar-refractivity contribution is 7.20. The number of ketones is 1. The maximum atomic E-state index is 12.6. The van der Waals surface area contributed by atoms with Gasteiger partial charge >= 0.3 is 0 Å². The van der Waals surface area contributed by atoms with E-state index in [2.05, 4.69) is 15.0 Å². The van der Waals surface area contributed by atoms with Gasteiger partial charge in [-0.1, -0.05) is 53.7 Å². The topological polar surface area (TPSA) is 65.0 Å². The molecule has 0 spiro atoms. The molecule has 164 valence electrons. The van der Waals surface area contributed by atoms with Crippen LogP contribution in [0.3, 0.4) is 0 Å². The molecule has 0 aliphatic carbocycles. The molecule has 31 heavy (non-hydrogen) atoms. The van der Waals surface area contributed by atoms with E-state index in [1.165, 1.54) is 17.7 Å². The lowest BCUT2D eigenvalue weighted by molar-refractivity contribution is 0.103. The lowest BCUT2D eigenvalue weighted by Crippen LogP contribution is -2.00. The molecule has 6 heteroatoms. The second kappa shape index (κ2) is 14.0. The quantitative estimate of drug-likeness (QED) is 0.309. The van der Waals surface area contributed by atoms with Gasteiger partial charge < -0.3 is 4.74 Å². The highest BCUT2D eigenvalue weighted by atomic mass is 32.1. The summed E-state index contributed by atoms with van der Waals surface area (Å²) in [4.78, 5) is 25.1. The van der Waals surface area contributed by atoms with Gasteiger partial charge in [-0.3, -0.25) is 4.79 Å². The van der Waals surface area contributed by atoms with Gasteiger partial charge in [-0.2, -0.15) is 0 Å². The first-order valence-electron chi connectivity index (χ1n) is 10.7. The molecule has 0 unspecified atom stereocenters. The third-order valence-corrected chi connectivity index (χ3v) is 4.70. The number of benzene rings is 2. The molecule has 2 aromatic carbocycles. The van der Waals surface area contributed by atoms with Crippen molar-refractivity contribution >= 4 is 27.3 Å². The average Bonchev–Trinajstić information content (AvgIpc) is 3.29. The Balaban J connectivity index is 0.000000739. The zero-order valence-electron chi connectivity index (χ0n) is 19.3. The van der Waals surface area contributed by atoms with Crippen LogP contribution in [-0.2, 0) is 0 Å². The van der Waals surface area contributed by atoms with Crippen LogP contribution in [0.4, 0.5) is 0 Å². The average molecular weight is 438 g/mol. The summed E-state index contributed by atoms with van der Waals surface area (Å²) in [5.41, 5.74) is 2.26. The van der Waals surface area contributed by atoms with E-state index in [4.69, 9.17) is 4.74 Å². The number of carbonyl (C=O) groups excluding carboxylic acids is 1. The third-order valence-electron chi connectivity index (χ3n) is 3.67. The normalized spacial score (nSPS) is 9.26. The Bertz CT molecular complexity index is 1030. The van der Waals surface area contributed by atoms with E-state index in [0.29, 0.717) is 22.2 Å². The van der Waals surface area contributed by atoms with Crippen molar-refractivity contribution in [2.24, 2.45) is 0 Å². The molecule has 0 fully saturated rings. The number of para-hydroxylation sites is 1. The Morgan fingerprint density at radius 1 is 0.903 bits per heavy atom. The van der Waals surface area contributed by atoms with E-state index >= 15 is 0 Å². The summed E-state index contributed by atoms with van der Waals surface area (Å²) in [6, 6.07) is 14.7. The largest absolute Gasteiger partial charge is 0.439 e. The van der Waals surface area contributed by atoms with Gasteiger partial charge in [-0.05, 0) is 43.3 Å². The molecule has 0 saturated carbocycles. The Morgan fingerprint density at radius 2 is 1.55 bits per heavy atom. The molecule has 0 radical (unpaired) electrons. The lowest BCUT2D eigenvalue weighted by Gasteiger charge is -2.06. The molecule has 5 nitrogen and oxygen atoms in total. The summed E-state index contributed by atoms with van der Waals surface area (Å²) in [5, 5.41) is 0.488. The van der Waals surface area contributed by atoms with Crippen molar-refractivity contribution in [2.45, 2.75) is 48.5 Å². The van der Waals surface area contributed by atoms with Crippen molar-refractivity contribution in [1.29, 1.82) is 0 Å². The van der Waals surface area contributed by atoms with Crippen LogP contribution < -0.4 is 4.74 Å². The maximum Gasteiger partial charge on any atom is 0.225 e. The monoisotopic (exact) mass is 437 g/mol. The van der Waals surface area contributed by atoms with Crippen LogP contribution in [0.2, 0.25) is 0 Å². The Morgan fingerprint density at radius 3 is 2.16 bits per heavy atom. The second-order valence-corrected chi connectivity index (χ2v) is 6.48. The number of ether oxygens (including phenoxy) is 1. The van der Waals surface area contributed by atoms with Gasteiger partial charge in [-0.15, -0.1) is 11.3 Å². The molecule has 0 atom stereocenters. The zero-order valence-corrected chi connectivity index (χ0v) is 20.2. The number of carbonyl (C=O) groups is 1. The van der Waals surface area contributed by atoms with Gasteiger partial charge in [0.05, 0.1) is 10.2 Å². The molecule has 0 amide bonds. The van der Waals surface area contributed by atoms with Crippen LogP contribution in [0.25, 0.3) is 10.2 Å². The van der Waals surface area contributed by atoms with E-state index in [1.807, 2.05) is 72.7 Å². The molecule has 4 aromatic rings. The first-order valence-corrected chi connectivity index (χ1v) is 11.5. The third kappa shape index (κ3) is 6.96. The molecule has 0 N–H and O–H groups in total. The van der Waals surface area contributed by atoms with E-state index in [9.17, 15) is 4.79 Å². The SMILES string of the molecule is CC.CC.CC.Cc1cncnc1Oc1ccc(C(=O)c2nc3ccccc3s2)cc1. The first kappa shape index (κ1) is 25.9. The number of rotatable bonds is 4. The molecule has 2 aromatic heterocycles. The summed E-state index contributed by atoms with van der Waals surface area (Å²) in [6.45, 7) is 13.9. The Kier molecular flexibility index (Phi) is 11.7. The summed E-state index contributed by atoms with van der Waals surface area (Å²) in [6.07, 6.45) is 3.13. The number of aryl methyl sites for hydroxylation is 1. The van der Waals surface area contributed by atoms with Gasteiger partial charge in [0.1, 0.15) is 12.1 Å². The van der Waals surface area contributed by atoms with Crippen LogP contribution in [-0.4, -0.2) is 20.7 Å². The minimum atomic E-state index is -0.0917. The van der Waals surface area contributed by atoms with Crippen LogP contribution >= 0.6 is 11.3 Å². The number of fused-ring (bicyclic) bond motifs is 1. The fourth-order valence-electron chi connectivity index (χ4n) is 2.37. The van der Waals surface area contributed by atoms with E-state index in [1.54, 1.807) is 30.5 Å². The second-order valence-electron chi connectivity index (χ2n) is 5.45. The number of thiazole rings is 1. The minimum absolute atomic E-state index is 0.0917. The minimum Gasteiger partial charge on any atom is -0.439 e. The molecular formula is C25H31N3O2S. The summed E-state index contributed by atoms with van der Waals surface area (Å²) in [7, 11) is 0. The van der Waals surface area contributed by atoms with Crippen LogP contribution in [0.1, 0.15) is 62.5 Å². The fourth-order valence-corrected chi connectivity index (χ4v) is 3.30.